The Morgan fingerprint density at radius 3 is 2.40 bits per heavy atom. The molecule has 0 aromatic heterocycles. The zero-order valence-electron chi connectivity index (χ0n) is 15.6. The number of nitrogens with zero attached hydrogens (tertiary/aromatic N) is 1. The summed E-state index contributed by atoms with van der Waals surface area (Å²) in [6, 6.07) is 11.1. The lowest BCUT2D eigenvalue weighted by molar-refractivity contribution is -0.137. The molecule has 11 heteroatoms. The second-order valence-corrected chi connectivity index (χ2v) is 8.37. The monoisotopic (exact) mass is 441 g/mol. The molecule has 2 aromatic carbocycles. The van der Waals surface area contributed by atoms with E-state index in [9.17, 15) is 31.2 Å². The Labute approximate surface area is 171 Å². The Morgan fingerprint density at radius 2 is 1.80 bits per heavy atom. The Bertz CT molecular complexity index is 1050. The molecule has 0 radical (unpaired) electrons. The first-order valence-corrected chi connectivity index (χ1v) is 10.3. The molecule has 1 saturated heterocycles. The second kappa shape index (κ2) is 8.44. The van der Waals surface area contributed by atoms with Gasteiger partial charge >= 0.3 is 16.4 Å². The number of alkyl halides is 3. The van der Waals surface area contributed by atoms with Crippen LogP contribution in [-0.4, -0.2) is 37.6 Å². The first-order valence-electron chi connectivity index (χ1n) is 8.88. The lowest BCUT2D eigenvalue weighted by Crippen LogP contribution is -2.29. The standard InChI is InChI=1S/C19H18F3N3O4S/c20-19(21,22)16-3-1-2-13(10-16)8-9-23-18(27)15-6-4-14(5-7-15)11-25-12-17(26)24-30(25,28)29/h1-7,10H,8-9,11-12H2,(H,23,27)(H,24,26). The predicted octanol–water partition coefficient (Wildman–Crippen LogP) is 1.85. The summed E-state index contributed by atoms with van der Waals surface area (Å²) in [6.45, 7) is -0.125. The molecule has 1 aliphatic rings. The number of rotatable bonds is 6. The lowest BCUT2D eigenvalue weighted by atomic mass is 10.1. The number of nitrogens with one attached hydrogen (secondary N) is 2. The molecule has 1 fully saturated rings. The van der Waals surface area contributed by atoms with Crippen molar-refractivity contribution < 1.29 is 31.2 Å². The highest BCUT2D eigenvalue weighted by Gasteiger charge is 2.33. The van der Waals surface area contributed by atoms with E-state index in [2.05, 4.69) is 5.32 Å². The van der Waals surface area contributed by atoms with Crippen LogP contribution in [0.3, 0.4) is 0 Å². The van der Waals surface area contributed by atoms with Gasteiger partial charge in [-0.25, -0.2) is 4.72 Å². The molecule has 0 atom stereocenters. The van der Waals surface area contributed by atoms with Crippen LogP contribution >= 0.6 is 0 Å². The van der Waals surface area contributed by atoms with Crippen LogP contribution in [0.1, 0.15) is 27.0 Å². The molecule has 2 N–H and O–H groups in total. The van der Waals surface area contributed by atoms with Gasteiger partial charge in [0.25, 0.3) is 5.91 Å². The minimum Gasteiger partial charge on any atom is -0.352 e. The molecular formula is C19H18F3N3O4S. The quantitative estimate of drug-likeness (QED) is 0.715. The van der Waals surface area contributed by atoms with Crippen LogP contribution in [0, 0.1) is 0 Å². The van der Waals surface area contributed by atoms with Crippen molar-refractivity contribution in [3.63, 3.8) is 0 Å². The molecule has 1 aliphatic heterocycles. The fraction of sp³-hybridized carbons (Fsp3) is 0.263. The maximum atomic E-state index is 12.7. The smallest absolute Gasteiger partial charge is 0.352 e. The van der Waals surface area contributed by atoms with Crippen LogP contribution < -0.4 is 10.0 Å². The third-order valence-electron chi connectivity index (χ3n) is 4.43. The van der Waals surface area contributed by atoms with E-state index in [0.29, 0.717) is 16.7 Å². The lowest BCUT2D eigenvalue weighted by Gasteiger charge is -2.12. The summed E-state index contributed by atoms with van der Waals surface area (Å²) in [5.74, 6) is -1.01. The molecule has 0 aliphatic carbocycles. The van der Waals surface area contributed by atoms with Crippen LogP contribution in [0.5, 0.6) is 0 Å². The largest absolute Gasteiger partial charge is 0.416 e. The maximum Gasteiger partial charge on any atom is 0.416 e. The van der Waals surface area contributed by atoms with E-state index in [-0.39, 0.29) is 26.1 Å². The molecule has 0 spiro atoms. The number of amides is 2. The molecular weight excluding hydrogens is 423 g/mol. The van der Waals surface area contributed by atoms with Gasteiger partial charge in [0.15, 0.2) is 0 Å². The van der Waals surface area contributed by atoms with Gasteiger partial charge in [0.1, 0.15) is 0 Å². The van der Waals surface area contributed by atoms with Gasteiger partial charge in [0.05, 0.1) is 12.1 Å². The van der Waals surface area contributed by atoms with Crippen molar-refractivity contribution in [2.24, 2.45) is 0 Å². The van der Waals surface area contributed by atoms with E-state index < -0.39 is 33.8 Å². The van der Waals surface area contributed by atoms with Gasteiger partial charge in [-0.2, -0.15) is 25.9 Å². The van der Waals surface area contributed by atoms with E-state index in [1.165, 1.54) is 18.2 Å². The number of hydrogen-bond donors (Lipinski definition) is 2. The van der Waals surface area contributed by atoms with Gasteiger partial charge < -0.3 is 5.32 Å². The first-order chi connectivity index (χ1) is 14.0. The highest BCUT2D eigenvalue weighted by molar-refractivity contribution is 7.88. The van der Waals surface area contributed by atoms with E-state index >= 15 is 0 Å². The molecule has 160 valence electrons. The zero-order chi connectivity index (χ0) is 21.9. The molecule has 0 unspecified atom stereocenters. The van der Waals surface area contributed by atoms with E-state index in [0.717, 1.165) is 16.4 Å². The number of halogens is 3. The Kier molecular flexibility index (Phi) is 6.13. The predicted molar refractivity (Wildman–Crippen MR) is 101 cm³/mol. The maximum absolute atomic E-state index is 12.7. The summed E-state index contributed by atoms with van der Waals surface area (Å²) < 4.78 is 64.5. The van der Waals surface area contributed by atoms with Crippen molar-refractivity contribution in [2.75, 3.05) is 13.1 Å². The summed E-state index contributed by atoms with van der Waals surface area (Å²) in [6.07, 6.45) is -4.18. The zero-order valence-corrected chi connectivity index (χ0v) is 16.4. The van der Waals surface area contributed by atoms with E-state index in [4.69, 9.17) is 0 Å². The molecule has 2 amide bonds. The SMILES string of the molecule is O=C1CN(Cc2ccc(C(=O)NCCc3cccc(C(F)(F)F)c3)cc2)S(=O)(=O)N1. The molecule has 0 saturated carbocycles. The molecule has 7 nitrogen and oxygen atoms in total. The Morgan fingerprint density at radius 1 is 1.10 bits per heavy atom. The fourth-order valence-corrected chi connectivity index (χ4v) is 4.01. The molecule has 0 bridgehead atoms. The van der Waals surface area contributed by atoms with Crippen LogP contribution in [0.15, 0.2) is 48.5 Å². The van der Waals surface area contributed by atoms with Crippen molar-refractivity contribution in [3.8, 4) is 0 Å². The summed E-state index contributed by atoms with van der Waals surface area (Å²) in [5.41, 5.74) is 0.631. The highest BCUT2D eigenvalue weighted by atomic mass is 32.2. The van der Waals surface area contributed by atoms with Crippen molar-refractivity contribution >= 4 is 22.0 Å². The van der Waals surface area contributed by atoms with Crippen molar-refractivity contribution in [2.45, 2.75) is 19.1 Å². The van der Waals surface area contributed by atoms with Gasteiger partial charge in [0.2, 0.25) is 5.91 Å². The minimum atomic E-state index is -4.42. The average molecular weight is 441 g/mol. The number of carbonyl (C=O) groups excluding carboxylic acids is 2. The average Bonchev–Trinajstić information content (AvgIpc) is 2.93. The molecule has 2 aromatic rings. The summed E-state index contributed by atoms with van der Waals surface area (Å²) in [5, 5.41) is 2.64. The van der Waals surface area contributed by atoms with Crippen molar-refractivity contribution in [1.82, 2.24) is 14.3 Å². The fourth-order valence-electron chi connectivity index (χ4n) is 2.92. The second-order valence-electron chi connectivity index (χ2n) is 6.70. The normalized spacial score (nSPS) is 16.3. The minimum absolute atomic E-state index is 0.0154. The Balaban J connectivity index is 1.53. The third kappa shape index (κ3) is 5.36. The third-order valence-corrected chi connectivity index (χ3v) is 5.85. The van der Waals surface area contributed by atoms with Crippen LogP contribution in [-0.2, 0) is 34.1 Å². The van der Waals surface area contributed by atoms with Gasteiger partial charge in [-0.3, -0.25) is 9.59 Å². The summed E-state index contributed by atoms with van der Waals surface area (Å²) in [4.78, 5) is 23.4. The van der Waals surface area contributed by atoms with Gasteiger partial charge in [-0.05, 0) is 35.7 Å². The molecule has 3 rings (SSSR count). The molecule has 30 heavy (non-hydrogen) atoms. The summed E-state index contributed by atoms with van der Waals surface area (Å²) in [7, 11) is -3.83. The van der Waals surface area contributed by atoms with Crippen LogP contribution in [0.2, 0.25) is 0 Å². The Hall–Kier alpha value is -2.92. The summed E-state index contributed by atoms with van der Waals surface area (Å²) >= 11 is 0. The number of benzene rings is 2. The van der Waals surface area contributed by atoms with Gasteiger partial charge in [-0.1, -0.05) is 30.3 Å². The van der Waals surface area contributed by atoms with Gasteiger partial charge in [-0.15, -0.1) is 0 Å². The van der Waals surface area contributed by atoms with Gasteiger partial charge in [0, 0.05) is 18.7 Å². The van der Waals surface area contributed by atoms with Crippen LogP contribution in [0.25, 0.3) is 0 Å². The highest BCUT2D eigenvalue weighted by Crippen LogP contribution is 2.29. The van der Waals surface area contributed by atoms with E-state index in [1.54, 1.807) is 18.2 Å². The number of carbonyl (C=O) groups is 2. The van der Waals surface area contributed by atoms with Crippen molar-refractivity contribution in [1.29, 1.82) is 0 Å². The number of hydrogen-bond acceptors (Lipinski definition) is 4. The van der Waals surface area contributed by atoms with E-state index in [1.807, 2.05) is 4.72 Å². The first kappa shape index (κ1) is 21.8. The topological polar surface area (TPSA) is 95.6 Å². The van der Waals surface area contributed by atoms with Crippen LogP contribution in [0.4, 0.5) is 13.2 Å². The van der Waals surface area contributed by atoms with Crippen molar-refractivity contribution in [3.05, 3.63) is 70.8 Å². The molecule has 1 heterocycles.